The fourth-order valence-electron chi connectivity index (χ4n) is 0. The quantitative estimate of drug-likeness (QED) is 0.601. The van der Waals surface area contributed by atoms with Crippen molar-refractivity contribution >= 4 is 62.9 Å². The van der Waals surface area contributed by atoms with E-state index in [0.717, 1.165) is 0 Å². The summed E-state index contributed by atoms with van der Waals surface area (Å²) in [7, 11) is 0. The molecular weight excluding hydrogens is 286 g/mol. The first-order valence-corrected chi connectivity index (χ1v) is 3.40. The van der Waals surface area contributed by atoms with Crippen LogP contribution in [-0.2, 0) is 0 Å². The lowest BCUT2D eigenvalue weighted by atomic mass is 10.8. The van der Waals surface area contributed by atoms with Gasteiger partial charge in [0.25, 0.3) is 0 Å². The first-order valence-electron chi connectivity index (χ1n) is 0.655. The summed E-state index contributed by atoms with van der Waals surface area (Å²) in [6, 6.07) is 0. The Hall–Kier alpha value is 1.79. The van der Waals surface area contributed by atoms with Crippen LogP contribution < -0.4 is 0 Å². The third kappa shape index (κ3) is 25.9. The average Bonchev–Trinajstić information content (AvgIpc) is 0.811. The lowest BCUT2D eigenvalue weighted by Crippen LogP contribution is -1.60. The van der Waals surface area contributed by atoms with E-state index in [2.05, 4.69) is 47.3 Å². The molecule has 0 aromatic heterocycles. The fourth-order valence-corrected chi connectivity index (χ4v) is 0. The maximum Gasteiger partial charge on any atom is 0.369 e. The Balaban J connectivity index is 0. The Morgan fingerprint density at radius 2 is 1.00 bits per heavy atom. The van der Waals surface area contributed by atoms with Gasteiger partial charge in [-0.2, -0.15) is 0 Å². The van der Waals surface area contributed by atoms with Crippen molar-refractivity contribution in [3.8, 4) is 0 Å². The molecule has 0 amide bonds. The average molecular weight is 287 g/mol. The zero-order valence-electron chi connectivity index (χ0n) is 2.12. The topological polar surface area (TPSA) is 0 Å². The van der Waals surface area contributed by atoms with Crippen molar-refractivity contribution in [2.24, 2.45) is 0 Å². The van der Waals surface area contributed by atoms with Gasteiger partial charge in [0, 0.05) is 0 Å². The van der Waals surface area contributed by atoms with E-state index < -0.39 is 0 Å². The summed E-state index contributed by atoms with van der Waals surface area (Å²) in [5.74, 6) is 0. The normalized spacial score (nSPS) is 5.40. The van der Waals surface area contributed by atoms with Crippen LogP contribution in [0, 0.1) is 0 Å². The van der Waals surface area contributed by atoms with Crippen molar-refractivity contribution in [3.05, 3.63) is 0 Å². The van der Waals surface area contributed by atoms with E-state index in [9.17, 15) is 0 Å². The molecule has 5 heteroatoms. The number of hydrogen-bond acceptors (Lipinski definition) is 0. The smallest absolute Gasteiger partial charge is 0.147 e. The molecule has 0 saturated heterocycles. The second-order valence-corrected chi connectivity index (χ2v) is 6.68. The van der Waals surface area contributed by atoms with Crippen molar-refractivity contribution in [1.82, 2.24) is 0 Å². The summed E-state index contributed by atoms with van der Waals surface area (Å²) in [6.07, 6.45) is 0. The molecule has 0 atom stereocenters. The summed E-state index contributed by atoms with van der Waals surface area (Å²) < 4.78 is 0.271. The van der Waals surface area contributed by atoms with Crippen LogP contribution in [0.2, 0.25) is 0 Å². The van der Waals surface area contributed by atoms with Gasteiger partial charge in [-0.15, -0.1) is 59.7 Å². The highest BCUT2D eigenvalue weighted by Gasteiger charge is 1.87. The van der Waals surface area contributed by atoms with Crippen LogP contribution in [0.5, 0.6) is 0 Å². The maximum atomic E-state index is 3.10. The molecule has 0 aliphatic rings. The maximum absolute atomic E-state index is 3.10. The Bertz CT molecular complexity index is 11.6. The van der Waals surface area contributed by atoms with E-state index in [1.54, 1.807) is 0 Å². The highest BCUT2D eigenvalue weighted by molar-refractivity contribution is 9.69. The van der Waals surface area contributed by atoms with Crippen molar-refractivity contribution in [2.45, 2.75) is 0 Å². The Labute approximate surface area is 62.5 Å². The van der Waals surface area contributed by atoms with Crippen molar-refractivity contribution in [3.63, 3.8) is 0 Å². The molecule has 0 bridgehead atoms. The summed E-state index contributed by atoms with van der Waals surface area (Å²) in [4.78, 5) is 0. The van der Waals surface area contributed by atoms with Crippen LogP contribution in [-0.4, -0.2) is 3.18 Å². The van der Waals surface area contributed by atoms with Gasteiger partial charge in [-0.05, 0) is 0 Å². The van der Waals surface area contributed by atoms with E-state index in [-0.39, 0.29) is 15.6 Å². The molecule has 0 rings (SSSR count). The third-order valence-corrected chi connectivity index (χ3v) is 0. The number of halogens is 4. The van der Waals surface area contributed by atoms with Gasteiger partial charge in [0.15, 0.2) is 0 Å². The lowest BCUT2D eigenvalue weighted by Gasteiger charge is -1.63. The van der Waals surface area contributed by atoms with Crippen LogP contribution in [0.3, 0.4) is 0 Å². The number of hydrogen-bond donors (Lipinski definition) is 0. The van der Waals surface area contributed by atoms with E-state index in [1.165, 1.54) is 0 Å². The summed E-state index contributed by atoms with van der Waals surface area (Å²) in [6.45, 7) is 0. The van der Waals surface area contributed by atoms with Crippen LogP contribution >= 0.6 is 59.7 Å². The summed E-state index contributed by atoms with van der Waals surface area (Å²) in [5.41, 5.74) is 0. The monoisotopic (exact) mass is 284 g/mol. The van der Waals surface area contributed by atoms with Gasteiger partial charge in [-0.1, -0.05) is 0 Å². The van der Waals surface area contributed by atoms with E-state index in [0.29, 0.717) is 0 Å². The lowest BCUT2D eigenvalue weighted by molar-refractivity contribution is 4.99. The minimum atomic E-state index is 0. The molecule has 32 valence electrons. The zero-order valence-corrected chi connectivity index (χ0v) is 7.69. The van der Waals surface area contributed by atoms with Gasteiger partial charge in [0.05, 0.1) is 0 Å². The SMILES string of the molecule is BrB(Br)Br.Cl. The summed E-state index contributed by atoms with van der Waals surface area (Å²) in [5, 5.41) is 0. The molecule has 0 nitrogen and oxygen atoms in total. The minimum absolute atomic E-state index is 0. The third-order valence-electron chi connectivity index (χ3n) is 0. The Morgan fingerprint density at radius 3 is 1.00 bits per heavy atom. The molecule has 0 aliphatic carbocycles. The first kappa shape index (κ1) is 9.92. The first-order chi connectivity index (χ1) is 1.73. The molecule has 0 fully saturated rings. The van der Waals surface area contributed by atoms with E-state index >= 15 is 0 Å². The summed E-state index contributed by atoms with van der Waals surface area (Å²) >= 11 is 9.31. The van der Waals surface area contributed by atoms with Crippen LogP contribution in [0.1, 0.15) is 0 Å². The van der Waals surface area contributed by atoms with E-state index in [4.69, 9.17) is 0 Å². The molecule has 0 unspecified atom stereocenters. The highest BCUT2D eigenvalue weighted by atomic mass is 79.9. The largest absolute Gasteiger partial charge is 0.369 e. The van der Waals surface area contributed by atoms with Crippen LogP contribution in [0.4, 0.5) is 0 Å². The van der Waals surface area contributed by atoms with Crippen molar-refractivity contribution in [1.29, 1.82) is 0 Å². The Morgan fingerprint density at radius 1 is 1.00 bits per heavy atom. The predicted octanol–water partition coefficient (Wildman–Crippen LogP) is 2.58. The molecule has 0 aromatic rings. The molecular formula is HBBr3Cl. The van der Waals surface area contributed by atoms with Gasteiger partial charge >= 0.3 is 3.18 Å². The van der Waals surface area contributed by atoms with Crippen LogP contribution in [0.25, 0.3) is 0 Å². The fraction of sp³-hybridized carbons (Fsp3) is 0. The second-order valence-electron chi connectivity index (χ2n) is 0.247. The highest BCUT2D eigenvalue weighted by Crippen LogP contribution is 2.07. The molecule has 0 saturated carbocycles. The van der Waals surface area contributed by atoms with Gasteiger partial charge in [0.2, 0.25) is 0 Å². The van der Waals surface area contributed by atoms with Gasteiger partial charge < -0.3 is 0 Å². The minimum Gasteiger partial charge on any atom is -0.147 e. The van der Waals surface area contributed by atoms with Crippen molar-refractivity contribution in [2.75, 3.05) is 0 Å². The van der Waals surface area contributed by atoms with Gasteiger partial charge in [0.1, 0.15) is 0 Å². The zero-order chi connectivity index (χ0) is 3.58. The Kier molecular flexibility index (Phi) is 11.5. The predicted molar refractivity (Wildman–Crippen MR) is 39.8 cm³/mol. The van der Waals surface area contributed by atoms with E-state index in [1.807, 2.05) is 0 Å². The van der Waals surface area contributed by atoms with Gasteiger partial charge in [-0.25, -0.2) is 0 Å². The van der Waals surface area contributed by atoms with Gasteiger partial charge in [-0.3, -0.25) is 0 Å². The molecule has 0 aliphatic heterocycles. The van der Waals surface area contributed by atoms with Crippen LogP contribution in [0.15, 0.2) is 0 Å². The molecule has 0 radical (unpaired) electrons. The molecule has 0 heterocycles. The molecule has 0 aromatic carbocycles. The van der Waals surface area contributed by atoms with Crippen molar-refractivity contribution < 1.29 is 0 Å². The molecule has 0 N–H and O–H groups in total. The molecule has 0 spiro atoms. The second kappa shape index (κ2) is 5.79. The standard InChI is InChI=1S/BBr3.ClH/c2-1(3)4;/h;1H. The number of rotatable bonds is 0. The molecule has 5 heavy (non-hydrogen) atoms.